The molecule has 2 heteroatoms. The Kier molecular flexibility index (Phi) is 5.93. The molecule has 0 aliphatic heterocycles. The van der Waals surface area contributed by atoms with E-state index in [1.165, 1.54) is 44.1 Å². The lowest BCUT2D eigenvalue weighted by Gasteiger charge is -2.69. The Balaban J connectivity index is 1.57. The number of aliphatic hydroxyl groups is 1. The van der Waals surface area contributed by atoms with E-state index < -0.39 is 6.10 Å². The number of aliphatic hydroxyl groups excluding tert-OH is 1. The molecule has 0 spiro atoms. The van der Waals surface area contributed by atoms with Crippen molar-refractivity contribution in [2.24, 2.45) is 45.3 Å². The SMILES string of the molecule is C=C(C)C(O)CCC(=C)C1CCC2(C)C1CCC1C3(C)CCC(=O)C(C)(C)C3CCC12C. The summed E-state index contributed by atoms with van der Waals surface area (Å²) in [6.45, 7) is 22.7. The second kappa shape index (κ2) is 7.82. The molecule has 0 bridgehead atoms. The smallest absolute Gasteiger partial charge is 0.138 e. The van der Waals surface area contributed by atoms with E-state index in [0.29, 0.717) is 33.9 Å². The van der Waals surface area contributed by atoms with Crippen molar-refractivity contribution in [3.63, 3.8) is 0 Å². The molecule has 1 N–H and O–H groups in total. The van der Waals surface area contributed by atoms with Gasteiger partial charge in [-0.1, -0.05) is 58.9 Å². The number of Topliss-reactive ketones (excluding diaryl/α,β-unsaturated/α-hetero) is 1. The molecule has 0 radical (unpaired) electrons. The molecule has 0 aromatic rings. The van der Waals surface area contributed by atoms with Crippen LogP contribution in [0.25, 0.3) is 0 Å². The lowest BCUT2D eigenvalue weighted by molar-refractivity contribution is -0.201. The summed E-state index contributed by atoms with van der Waals surface area (Å²) >= 11 is 0. The van der Waals surface area contributed by atoms with Crippen LogP contribution in [0.5, 0.6) is 0 Å². The average molecular weight is 441 g/mol. The summed E-state index contributed by atoms with van der Waals surface area (Å²) in [5.74, 6) is 3.07. The molecule has 0 aromatic heterocycles. The van der Waals surface area contributed by atoms with Gasteiger partial charge in [-0.15, -0.1) is 0 Å². The van der Waals surface area contributed by atoms with Crippen LogP contribution in [-0.4, -0.2) is 17.0 Å². The van der Waals surface area contributed by atoms with Gasteiger partial charge >= 0.3 is 0 Å². The first-order valence-electron chi connectivity index (χ1n) is 13.3. The van der Waals surface area contributed by atoms with Gasteiger partial charge in [0.2, 0.25) is 0 Å². The fourth-order valence-electron chi connectivity index (χ4n) is 9.79. The highest BCUT2D eigenvalue weighted by Gasteiger charge is 2.68. The number of ketones is 1. The average Bonchev–Trinajstić information content (AvgIpc) is 3.07. The summed E-state index contributed by atoms with van der Waals surface area (Å²) in [7, 11) is 0. The van der Waals surface area contributed by atoms with Crippen LogP contribution in [0.3, 0.4) is 0 Å². The highest BCUT2D eigenvalue weighted by atomic mass is 16.3. The first kappa shape index (κ1) is 24.2. The highest BCUT2D eigenvalue weighted by Crippen LogP contribution is 2.75. The zero-order valence-electron chi connectivity index (χ0n) is 21.7. The molecule has 4 rings (SSSR count). The zero-order chi connectivity index (χ0) is 23.7. The molecule has 32 heavy (non-hydrogen) atoms. The van der Waals surface area contributed by atoms with Crippen LogP contribution in [0.2, 0.25) is 0 Å². The summed E-state index contributed by atoms with van der Waals surface area (Å²) in [5, 5.41) is 10.2. The minimum Gasteiger partial charge on any atom is -0.389 e. The molecule has 8 atom stereocenters. The van der Waals surface area contributed by atoms with Crippen molar-refractivity contribution in [1.82, 2.24) is 0 Å². The Hall–Kier alpha value is -0.890. The minimum absolute atomic E-state index is 0.164. The second-order valence-electron chi connectivity index (χ2n) is 13.5. The Labute approximate surface area is 197 Å². The Morgan fingerprint density at radius 3 is 2.28 bits per heavy atom. The predicted octanol–water partition coefficient (Wildman–Crippen LogP) is 7.51. The Morgan fingerprint density at radius 1 is 0.969 bits per heavy atom. The molecule has 0 amide bonds. The molecule has 4 fully saturated rings. The number of hydrogen-bond acceptors (Lipinski definition) is 2. The molecule has 2 nitrogen and oxygen atoms in total. The number of fused-ring (bicyclic) bond motifs is 5. The van der Waals surface area contributed by atoms with E-state index in [2.05, 4.69) is 47.8 Å². The van der Waals surface area contributed by atoms with Crippen LogP contribution in [-0.2, 0) is 4.79 Å². The van der Waals surface area contributed by atoms with Gasteiger partial charge < -0.3 is 5.11 Å². The minimum atomic E-state index is -0.402. The summed E-state index contributed by atoms with van der Waals surface area (Å²) < 4.78 is 0. The molecule has 0 aromatic carbocycles. The Bertz CT molecular complexity index is 808. The second-order valence-corrected chi connectivity index (χ2v) is 13.5. The number of carbonyl (C=O) groups excluding carboxylic acids is 1. The molecule has 180 valence electrons. The largest absolute Gasteiger partial charge is 0.389 e. The van der Waals surface area contributed by atoms with E-state index in [-0.39, 0.29) is 5.41 Å². The van der Waals surface area contributed by atoms with Gasteiger partial charge in [0.1, 0.15) is 5.78 Å². The van der Waals surface area contributed by atoms with Gasteiger partial charge in [-0.05, 0) is 105 Å². The molecular weight excluding hydrogens is 392 g/mol. The number of carbonyl (C=O) groups is 1. The topological polar surface area (TPSA) is 37.3 Å². The highest BCUT2D eigenvalue weighted by molar-refractivity contribution is 5.85. The maximum atomic E-state index is 12.8. The monoisotopic (exact) mass is 440 g/mol. The fourth-order valence-corrected chi connectivity index (χ4v) is 9.79. The molecule has 8 unspecified atom stereocenters. The molecule has 4 aliphatic carbocycles. The predicted molar refractivity (Wildman–Crippen MR) is 133 cm³/mol. The van der Waals surface area contributed by atoms with E-state index in [0.717, 1.165) is 43.1 Å². The van der Waals surface area contributed by atoms with Crippen molar-refractivity contribution in [3.8, 4) is 0 Å². The lowest BCUT2D eigenvalue weighted by Crippen LogP contribution is -2.63. The van der Waals surface area contributed by atoms with E-state index >= 15 is 0 Å². The van der Waals surface area contributed by atoms with Crippen molar-refractivity contribution in [2.45, 2.75) is 112 Å². The maximum absolute atomic E-state index is 12.8. The third-order valence-corrected chi connectivity index (χ3v) is 12.0. The first-order chi connectivity index (χ1) is 14.8. The van der Waals surface area contributed by atoms with Gasteiger partial charge in [-0.25, -0.2) is 0 Å². The molecule has 0 saturated heterocycles. The van der Waals surface area contributed by atoms with Gasteiger partial charge in [0.25, 0.3) is 0 Å². The number of hydrogen-bond donors (Lipinski definition) is 1. The third kappa shape index (κ3) is 3.25. The zero-order valence-corrected chi connectivity index (χ0v) is 21.7. The summed E-state index contributed by atoms with van der Waals surface area (Å²) in [6.07, 6.45) is 10.8. The standard InChI is InChI=1S/C30H48O2/c1-19(2)23(31)11-9-20(3)21-13-17-29(7)22(21)10-12-25-28(6)16-15-26(32)27(4,5)24(28)14-18-30(25,29)8/h21-25,31H,1,3,9-18H2,2,4-8H3. The molecule has 0 heterocycles. The van der Waals surface area contributed by atoms with Crippen LogP contribution in [0.1, 0.15) is 106 Å². The Morgan fingerprint density at radius 2 is 1.62 bits per heavy atom. The van der Waals surface area contributed by atoms with Gasteiger partial charge in [-0.3, -0.25) is 4.79 Å². The summed E-state index contributed by atoms with van der Waals surface area (Å²) in [5.41, 5.74) is 3.06. The van der Waals surface area contributed by atoms with Gasteiger partial charge in [0.15, 0.2) is 0 Å². The van der Waals surface area contributed by atoms with Crippen LogP contribution in [0, 0.1) is 45.3 Å². The van der Waals surface area contributed by atoms with Crippen molar-refractivity contribution in [3.05, 3.63) is 24.3 Å². The van der Waals surface area contributed by atoms with Gasteiger partial charge in [-0.2, -0.15) is 0 Å². The van der Waals surface area contributed by atoms with Crippen molar-refractivity contribution in [1.29, 1.82) is 0 Å². The normalized spacial score (nSPS) is 46.0. The quantitative estimate of drug-likeness (QED) is 0.449. The number of rotatable bonds is 5. The van der Waals surface area contributed by atoms with Crippen LogP contribution < -0.4 is 0 Å². The third-order valence-electron chi connectivity index (χ3n) is 12.0. The van der Waals surface area contributed by atoms with Crippen molar-refractivity contribution >= 4 is 5.78 Å². The van der Waals surface area contributed by atoms with Crippen molar-refractivity contribution < 1.29 is 9.90 Å². The van der Waals surface area contributed by atoms with E-state index in [1.807, 2.05) is 6.92 Å². The van der Waals surface area contributed by atoms with Crippen LogP contribution in [0.15, 0.2) is 24.3 Å². The molecule has 4 aliphatic rings. The molecule has 4 saturated carbocycles. The summed E-state index contributed by atoms with van der Waals surface area (Å²) in [6, 6.07) is 0. The van der Waals surface area contributed by atoms with Crippen LogP contribution >= 0.6 is 0 Å². The van der Waals surface area contributed by atoms with Gasteiger partial charge in [0.05, 0.1) is 6.10 Å². The summed E-state index contributed by atoms with van der Waals surface area (Å²) in [4.78, 5) is 12.8. The van der Waals surface area contributed by atoms with Crippen molar-refractivity contribution in [2.75, 3.05) is 0 Å². The lowest BCUT2D eigenvalue weighted by atomic mass is 9.35. The fraction of sp³-hybridized carbons (Fsp3) is 0.833. The van der Waals surface area contributed by atoms with E-state index in [4.69, 9.17) is 0 Å². The number of allylic oxidation sites excluding steroid dienone is 1. The van der Waals surface area contributed by atoms with E-state index in [9.17, 15) is 9.90 Å². The first-order valence-corrected chi connectivity index (χ1v) is 13.3. The van der Waals surface area contributed by atoms with Gasteiger partial charge in [0, 0.05) is 11.8 Å². The van der Waals surface area contributed by atoms with E-state index in [1.54, 1.807) is 0 Å². The molecular formula is C30H48O2. The van der Waals surface area contributed by atoms with Crippen LogP contribution in [0.4, 0.5) is 0 Å². The maximum Gasteiger partial charge on any atom is 0.138 e.